The summed E-state index contributed by atoms with van der Waals surface area (Å²) in [6, 6.07) is 32.3. The second kappa shape index (κ2) is 24.4. The Morgan fingerprint density at radius 1 is 0.440 bits per heavy atom. The minimum Gasteiger partial charge on any atom is -0.497 e. The van der Waals surface area contributed by atoms with Gasteiger partial charge in [-0.1, -0.05) is 137 Å². The summed E-state index contributed by atoms with van der Waals surface area (Å²) in [5.41, 5.74) is 4.18. The van der Waals surface area contributed by atoms with Gasteiger partial charge in [-0.2, -0.15) is 25.3 Å². The first kappa shape index (κ1) is 40.7. The van der Waals surface area contributed by atoms with Crippen molar-refractivity contribution >= 4 is 6.15 Å². The summed E-state index contributed by atoms with van der Waals surface area (Å²) in [5.74, 6) is 2.74. The second-order valence-electron chi connectivity index (χ2n) is 14.3. The first-order valence-electron chi connectivity index (χ1n) is 19.6. The number of unbranched alkanes of at least 4 members (excludes halogenated alkanes) is 10. The number of aromatic nitrogens is 1. The molecule has 1 heterocycles. The lowest BCUT2D eigenvalue weighted by Crippen LogP contribution is -2.43. The molecule has 0 atom stereocenters. The number of rotatable bonds is 23. The average Bonchev–Trinajstić information content (AvgIpc) is 3.16. The minimum absolute atomic E-state index is 0.744. The highest BCUT2D eigenvalue weighted by Gasteiger charge is 2.26. The summed E-state index contributed by atoms with van der Waals surface area (Å²) < 4.78 is 18.5. The molecule has 0 saturated carbocycles. The smallest absolute Gasteiger partial charge is 0.168 e. The van der Waals surface area contributed by atoms with Crippen molar-refractivity contribution in [2.75, 3.05) is 21.3 Å². The van der Waals surface area contributed by atoms with Crippen molar-refractivity contribution in [2.45, 2.75) is 123 Å². The SMILES string of the molecule is CCCCCCCC[B-](Cc1ccc(OC)cc1)(Cc1ccc(OC)cc1)Cc1ccc(OC)cc1.CCCCCCCC[n+]1ccccc1. The molecular formula is C45H66BNO3. The lowest BCUT2D eigenvalue weighted by Gasteiger charge is -2.41. The van der Waals surface area contributed by atoms with Gasteiger partial charge in [-0.05, 0) is 42.8 Å². The summed E-state index contributed by atoms with van der Waals surface area (Å²) in [5, 5.41) is 0. The van der Waals surface area contributed by atoms with Crippen LogP contribution in [0.2, 0.25) is 6.32 Å². The van der Waals surface area contributed by atoms with Crippen LogP contribution in [0.1, 0.15) is 108 Å². The van der Waals surface area contributed by atoms with Crippen molar-refractivity contribution in [3.8, 4) is 17.2 Å². The normalized spacial score (nSPS) is 11.1. The van der Waals surface area contributed by atoms with E-state index in [4.69, 9.17) is 14.2 Å². The van der Waals surface area contributed by atoms with Crippen molar-refractivity contribution < 1.29 is 18.8 Å². The van der Waals surface area contributed by atoms with Crippen LogP contribution in [0.3, 0.4) is 0 Å². The first-order valence-corrected chi connectivity index (χ1v) is 19.6. The maximum atomic E-state index is 5.43. The Morgan fingerprint density at radius 2 is 0.800 bits per heavy atom. The third-order valence-electron chi connectivity index (χ3n) is 10.2. The molecular weight excluding hydrogens is 613 g/mol. The Labute approximate surface area is 305 Å². The molecule has 0 unspecified atom stereocenters. The molecule has 4 rings (SSSR count). The van der Waals surface area contributed by atoms with Gasteiger partial charge >= 0.3 is 0 Å². The van der Waals surface area contributed by atoms with Crippen LogP contribution >= 0.6 is 0 Å². The number of methoxy groups -OCH3 is 3. The molecule has 1 aromatic heterocycles. The largest absolute Gasteiger partial charge is 0.497 e. The minimum atomic E-state index is -0.744. The fourth-order valence-electron chi connectivity index (χ4n) is 7.32. The summed E-state index contributed by atoms with van der Waals surface area (Å²) >= 11 is 0. The summed E-state index contributed by atoms with van der Waals surface area (Å²) in [6.45, 7) is 5.72. The topological polar surface area (TPSA) is 31.6 Å². The maximum Gasteiger partial charge on any atom is 0.168 e. The van der Waals surface area contributed by atoms with Crippen LogP contribution < -0.4 is 18.8 Å². The fourth-order valence-corrected chi connectivity index (χ4v) is 7.32. The molecule has 3 aromatic carbocycles. The van der Waals surface area contributed by atoms with E-state index in [0.717, 1.165) is 36.2 Å². The maximum absolute atomic E-state index is 5.43. The molecule has 0 N–H and O–H groups in total. The lowest BCUT2D eigenvalue weighted by molar-refractivity contribution is -0.697. The quantitative estimate of drug-likeness (QED) is 0.0444. The summed E-state index contributed by atoms with van der Waals surface area (Å²) in [4.78, 5) is 0. The van der Waals surface area contributed by atoms with Crippen LogP contribution in [0.25, 0.3) is 0 Å². The van der Waals surface area contributed by atoms with Gasteiger partial charge in [0.05, 0.1) is 21.3 Å². The van der Waals surface area contributed by atoms with E-state index >= 15 is 0 Å². The molecule has 4 nitrogen and oxygen atoms in total. The summed E-state index contributed by atoms with van der Waals surface area (Å²) in [6.07, 6.45) is 24.3. The Kier molecular flexibility index (Phi) is 19.9. The van der Waals surface area contributed by atoms with E-state index in [9.17, 15) is 0 Å². The second-order valence-corrected chi connectivity index (χ2v) is 14.3. The van der Waals surface area contributed by atoms with Crippen LogP contribution in [0.5, 0.6) is 17.2 Å². The number of nitrogens with zero attached hydrogens (tertiary/aromatic N) is 1. The van der Waals surface area contributed by atoms with Crippen molar-refractivity contribution in [1.29, 1.82) is 0 Å². The van der Waals surface area contributed by atoms with Gasteiger partial charge < -0.3 is 14.2 Å². The zero-order chi connectivity index (χ0) is 35.7. The van der Waals surface area contributed by atoms with Gasteiger partial charge in [0.2, 0.25) is 0 Å². The molecule has 272 valence electrons. The molecule has 0 aliphatic heterocycles. The Balaban J connectivity index is 0.000000403. The highest BCUT2D eigenvalue weighted by atomic mass is 16.5. The fraction of sp³-hybridized carbons (Fsp3) is 0.489. The van der Waals surface area contributed by atoms with Crippen LogP contribution in [-0.4, -0.2) is 27.5 Å². The van der Waals surface area contributed by atoms with Crippen LogP contribution in [0.15, 0.2) is 103 Å². The molecule has 0 aliphatic carbocycles. The highest BCUT2D eigenvalue weighted by molar-refractivity contribution is 6.78. The Hall–Kier alpha value is -3.73. The molecule has 0 spiro atoms. The van der Waals surface area contributed by atoms with Crippen molar-refractivity contribution in [1.82, 2.24) is 0 Å². The number of pyridine rings is 1. The molecule has 4 aromatic rings. The number of benzene rings is 3. The van der Waals surface area contributed by atoms with E-state index in [1.807, 2.05) is 0 Å². The summed E-state index contributed by atoms with van der Waals surface area (Å²) in [7, 11) is 5.19. The predicted octanol–water partition coefficient (Wildman–Crippen LogP) is 11.5. The van der Waals surface area contributed by atoms with Crippen molar-refractivity contribution in [3.05, 3.63) is 120 Å². The predicted molar refractivity (Wildman–Crippen MR) is 214 cm³/mol. The molecule has 0 fully saturated rings. The van der Waals surface area contributed by atoms with Gasteiger partial charge in [-0.3, -0.25) is 0 Å². The third-order valence-corrected chi connectivity index (χ3v) is 10.2. The van der Waals surface area contributed by atoms with Gasteiger partial charge in [0.25, 0.3) is 0 Å². The van der Waals surface area contributed by atoms with Crippen LogP contribution in [0.4, 0.5) is 0 Å². The Bertz CT molecular complexity index is 1270. The Morgan fingerprint density at radius 3 is 1.18 bits per heavy atom. The van der Waals surface area contributed by atoms with Gasteiger partial charge in [-0.15, -0.1) is 0 Å². The van der Waals surface area contributed by atoms with E-state index in [0.29, 0.717) is 0 Å². The van der Waals surface area contributed by atoms with E-state index in [1.54, 1.807) is 21.3 Å². The van der Waals surface area contributed by atoms with E-state index in [1.165, 1.54) is 107 Å². The van der Waals surface area contributed by atoms with E-state index < -0.39 is 6.15 Å². The highest BCUT2D eigenvalue weighted by Crippen LogP contribution is 2.30. The average molecular weight is 680 g/mol. The monoisotopic (exact) mass is 680 g/mol. The number of hydrogen-bond donors (Lipinski definition) is 0. The van der Waals surface area contributed by atoms with Gasteiger partial charge in [-0.25, -0.2) is 4.57 Å². The van der Waals surface area contributed by atoms with Crippen LogP contribution in [0, 0.1) is 0 Å². The lowest BCUT2D eigenvalue weighted by atomic mass is 9.16. The molecule has 0 aliphatic rings. The number of ether oxygens (including phenoxy) is 3. The zero-order valence-corrected chi connectivity index (χ0v) is 32.1. The standard InChI is InChI=1S/C32H44BO3.C13H22N/c1-5-6-7-8-9-10-23-33(24-27-11-17-30(34-2)18-12-27,25-28-13-19-31(35-3)20-14-28)26-29-15-21-32(36-4)22-16-29;1-2-3-4-5-6-8-11-14-12-9-7-10-13-14/h11-22H,5-10,23-26H2,1-4H3;7,9-10,12-13H,2-6,8,11H2,1H3/q-1;+1. The molecule has 0 bridgehead atoms. The van der Waals surface area contributed by atoms with Gasteiger partial charge in [0.15, 0.2) is 12.4 Å². The van der Waals surface area contributed by atoms with Crippen molar-refractivity contribution in [3.63, 3.8) is 0 Å². The third kappa shape index (κ3) is 15.9. The molecule has 0 saturated heterocycles. The molecule has 0 amide bonds. The molecule has 0 radical (unpaired) electrons. The van der Waals surface area contributed by atoms with Gasteiger partial charge in [0, 0.05) is 24.7 Å². The molecule has 50 heavy (non-hydrogen) atoms. The van der Waals surface area contributed by atoms with Gasteiger partial charge in [0.1, 0.15) is 23.8 Å². The first-order chi connectivity index (χ1) is 24.5. The molecule has 5 heteroatoms. The zero-order valence-electron chi connectivity index (χ0n) is 32.1. The number of aryl methyl sites for hydroxylation is 1. The van der Waals surface area contributed by atoms with Crippen molar-refractivity contribution in [2.24, 2.45) is 0 Å². The van der Waals surface area contributed by atoms with Crippen LogP contribution in [-0.2, 0) is 25.5 Å². The number of hydrogen-bond acceptors (Lipinski definition) is 3. The van der Waals surface area contributed by atoms with E-state index in [-0.39, 0.29) is 0 Å². The van der Waals surface area contributed by atoms with E-state index in [2.05, 4.69) is 122 Å².